The number of carbonyl (C=O) groups is 2. The smallest absolute Gasteiger partial charge is 0.313 e. The molecule has 4 N–H and O–H groups in total. The molecule has 0 aliphatic carbocycles. The fourth-order valence-corrected chi connectivity index (χ4v) is 2.95. The Morgan fingerprint density at radius 2 is 1.78 bits per heavy atom. The quantitative estimate of drug-likeness (QED) is 0.617. The number of benzene rings is 2. The summed E-state index contributed by atoms with van der Waals surface area (Å²) >= 11 is 5.96. The van der Waals surface area contributed by atoms with Crippen LogP contribution < -0.4 is 20.5 Å². The maximum absolute atomic E-state index is 11.9. The highest BCUT2D eigenvalue weighted by Crippen LogP contribution is 2.27. The predicted octanol–water partition coefficient (Wildman–Crippen LogP) is 1.29. The fraction of sp³-hybridized carbons (Fsp3) is 0.176. The van der Waals surface area contributed by atoms with Gasteiger partial charge in [-0.15, -0.1) is 0 Å². The van der Waals surface area contributed by atoms with Crippen LogP contribution in [-0.2, 0) is 26.0 Å². The number of hydrogen-bond donors (Lipinski definition) is 3. The number of nitrogens with two attached hydrogens (primary N) is 1. The standard InChI is InChI=1S/C17H18ClN3O5S/c1-26-15-7-4-12(10-14(15)18)21-17(23)16(22)20-9-8-11-2-5-13(6-3-11)27(19,24)25/h2-7,10H,8-9H2,1H3,(H,20,22)(H,21,23)(H2,19,24,25). The first-order chi connectivity index (χ1) is 12.7. The lowest BCUT2D eigenvalue weighted by atomic mass is 10.1. The Hall–Kier alpha value is -2.62. The maximum Gasteiger partial charge on any atom is 0.313 e. The van der Waals surface area contributed by atoms with Gasteiger partial charge in [-0.1, -0.05) is 23.7 Å². The molecule has 144 valence electrons. The van der Waals surface area contributed by atoms with Gasteiger partial charge < -0.3 is 15.4 Å². The van der Waals surface area contributed by atoms with Gasteiger partial charge >= 0.3 is 11.8 Å². The summed E-state index contributed by atoms with van der Waals surface area (Å²) in [5.74, 6) is -1.18. The number of anilines is 1. The van der Waals surface area contributed by atoms with Crippen molar-refractivity contribution in [2.75, 3.05) is 19.0 Å². The van der Waals surface area contributed by atoms with E-state index in [-0.39, 0.29) is 11.4 Å². The van der Waals surface area contributed by atoms with Crippen LogP contribution in [0.15, 0.2) is 47.4 Å². The number of amides is 2. The zero-order valence-electron chi connectivity index (χ0n) is 14.4. The van der Waals surface area contributed by atoms with E-state index in [4.69, 9.17) is 21.5 Å². The van der Waals surface area contributed by atoms with Crippen LogP contribution in [0.3, 0.4) is 0 Å². The van der Waals surface area contributed by atoms with Gasteiger partial charge in [-0.05, 0) is 42.3 Å². The van der Waals surface area contributed by atoms with E-state index >= 15 is 0 Å². The van der Waals surface area contributed by atoms with Gasteiger partial charge in [-0.3, -0.25) is 9.59 Å². The molecule has 0 radical (unpaired) electrons. The minimum atomic E-state index is -3.74. The highest BCUT2D eigenvalue weighted by Gasteiger charge is 2.14. The molecule has 0 atom stereocenters. The number of nitrogens with one attached hydrogen (secondary N) is 2. The molecule has 2 amide bonds. The Balaban J connectivity index is 1.84. The zero-order valence-corrected chi connectivity index (χ0v) is 15.9. The molecule has 0 bridgehead atoms. The van der Waals surface area contributed by atoms with Gasteiger partial charge in [0.1, 0.15) is 5.75 Å². The van der Waals surface area contributed by atoms with Crippen molar-refractivity contribution in [3.63, 3.8) is 0 Å². The number of sulfonamides is 1. The van der Waals surface area contributed by atoms with Crippen LogP contribution in [0, 0.1) is 0 Å². The third-order valence-electron chi connectivity index (χ3n) is 3.57. The normalized spacial score (nSPS) is 10.9. The second kappa shape index (κ2) is 8.85. The van der Waals surface area contributed by atoms with E-state index in [1.165, 1.54) is 25.3 Å². The van der Waals surface area contributed by atoms with Crippen molar-refractivity contribution in [3.8, 4) is 5.75 Å². The van der Waals surface area contributed by atoms with E-state index < -0.39 is 21.8 Å². The summed E-state index contributed by atoms with van der Waals surface area (Å²) in [6.07, 6.45) is 0.415. The van der Waals surface area contributed by atoms with Crippen LogP contribution in [0.25, 0.3) is 0 Å². The van der Waals surface area contributed by atoms with E-state index in [1.54, 1.807) is 24.3 Å². The molecular weight excluding hydrogens is 394 g/mol. The Kier molecular flexibility index (Phi) is 6.78. The second-order valence-electron chi connectivity index (χ2n) is 5.50. The molecule has 0 fully saturated rings. The van der Waals surface area contributed by atoms with E-state index in [2.05, 4.69) is 10.6 Å². The van der Waals surface area contributed by atoms with Gasteiger partial charge in [-0.2, -0.15) is 0 Å². The lowest BCUT2D eigenvalue weighted by Gasteiger charge is -2.09. The zero-order chi connectivity index (χ0) is 20.0. The molecule has 2 aromatic rings. The molecule has 0 heterocycles. The van der Waals surface area contributed by atoms with Crippen molar-refractivity contribution in [1.29, 1.82) is 0 Å². The molecule has 8 nitrogen and oxygen atoms in total. The SMILES string of the molecule is COc1ccc(NC(=O)C(=O)NCCc2ccc(S(N)(=O)=O)cc2)cc1Cl. The van der Waals surface area contributed by atoms with E-state index in [9.17, 15) is 18.0 Å². The summed E-state index contributed by atoms with van der Waals surface area (Å²) in [6, 6.07) is 10.5. The minimum Gasteiger partial charge on any atom is -0.495 e. The minimum absolute atomic E-state index is 0.00724. The number of methoxy groups -OCH3 is 1. The van der Waals surface area contributed by atoms with Gasteiger partial charge in [-0.25, -0.2) is 13.6 Å². The van der Waals surface area contributed by atoms with Crippen LogP contribution >= 0.6 is 11.6 Å². The molecular formula is C17H18ClN3O5S. The number of halogens is 1. The molecule has 0 aliphatic rings. The van der Waals surface area contributed by atoms with Crippen LogP contribution in [0.1, 0.15) is 5.56 Å². The van der Waals surface area contributed by atoms with Crippen LogP contribution in [-0.4, -0.2) is 33.9 Å². The number of primary sulfonamides is 1. The summed E-state index contributed by atoms with van der Waals surface area (Å²) in [6.45, 7) is 0.199. The third-order valence-corrected chi connectivity index (χ3v) is 4.79. The Labute approximate surface area is 161 Å². The van der Waals surface area contributed by atoms with Crippen molar-refractivity contribution in [2.45, 2.75) is 11.3 Å². The molecule has 0 spiro atoms. The Bertz CT molecular complexity index is 946. The lowest BCUT2D eigenvalue weighted by Crippen LogP contribution is -2.36. The molecule has 2 aromatic carbocycles. The van der Waals surface area contributed by atoms with Crippen molar-refractivity contribution in [1.82, 2.24) is 5.32 Å². The van der Waals surface area contributed by atoms with Crippen molar-refractivity contribution >= 4 is 39.1 Å². The van der Waals surface area contributed by atoms with Crippen molar-refractivity contribution < 1.29 is 22.7 Å². The fourth-order valence-electron chi connectivity index (χ4n) is 2.18. The average Bonchev–Trinajstić information content (AvgIpc) is 2.61. The van der Waals surface area contributed by atoms with Gasteiger partial charge in [0, 0.05) is 12.2 Å². The Morgan fingerprint density at radius 1 is 1.11 bits per heavy atom. The van der Waals surface area contributed by atoms with Crippen LogP contribution in [0.5, 0.6) is 5.75 Å². The van der Waals surface area contributed by atoms with Gasteiger partial charge in [0.2, 0.25) is 10.0 Å². The summed E-state index contributed by atoms with van der Waals surface area (Å²) in [5.41, 5.74) is 1.14. The molecule has 0 saturated carbocycles. The van der Waals surface area contributed by atoms with E-state index in [1.807, 2.05) is 0 Å². The average molecular weight is 412 g/mol. The molecule has 27 heavy (non-hydrogen) atoms. The van der Waals surface area contributed by atoms with Crippen molar-refractivity contribution in [2.24, 2.45) is 5.14 Å². The monoisotopic (exact) mass is 411 g/mol. The third kappa shape index (κ3) is 5.95. The first kappa shape index (κ1) is 20.7. The summed E-state index contributed by atoms with van der Waals surface area (Å²) in [7, 11) is -2.27. The van der Waals surface area contributed by atoms with Crippen LogP contribution in [0.2, 0.25) is 5.02 Å². The summed E-state index contributed by atoms with van der Waals surface area (Å²) < 4.78 is 27.4. The number of hydrogen-bond acceptors (Lipinski definition) is 5. The molecule has 0 aliphatic heterocycles. The van der Waals surface area contributed by atoms with Gasteiger partial charge in [0.15, 0.2) is 0 Å². The predicted molar refractivity (Wildman–Crippen MR) is 101 cm³/mol. The van der Waals surface area contributed by atoms with Crippen LogP contribution in [0.4, 0.5) is 5.69 Å². The largest absolute Gasteiger partial charge is 0.495 e. The molecule has 0 saturated heterocycles. The first-order valence-electron chi connectivity index (χ1n) is 7.75. The summed E-state index contributed by atoms with van der Waals surface area (Å²) in [5, 5.41) is 10.2. The van der Waals surface area contributed by atoms with Gasteiger partial charge in [0.25, 0.3) is 0 Å². The molecule has 0 unspecified atom stereocenters. The number of rotatable bonds is 6. The molecule has 0 aromatic heterocycles. The summed E-state index contributed by atoms with van der Waals surface area (Å²) in [4.78, 5) is 23.8. The lowest BCUT2D eigenvalue weighted by molar-refractivity contribution is -0.136. The molecule has 10 heteroatoms. The molecule has 2 rings (SSSR count). The topological polar surface area (TPSA) is 128 Å². The Morgan fingerprint density at radius 3 is 2.33 bits per heavy atom. The highest BCUT2D eigenvalue weighted by atomic mass is 35.5. The first-order valence-corrected chi connectivity index (χ1v) is 9.67. The van der Waals surface area contributed by atoms with E-state index in [0.717, 1.165) is 5.56 Å². The second-order valence-corrected chi connectivity index (χ2v) is 7.47. The van der Waals surface area contributed by atoms with Crippen molar-refractivity contribution in [3.05, 3.63) is 53.1 Å². The maximum atomic E-state index is 11.9. The van der Waals surface area contributed by atoms with E-state index in [0.29, 0.717) is 22.9 Å². The highest BCUT2D eigenvalue weighted by molar-refractivity contribution is 7.89. The number of carbonyl (C=O) groups excluding carboxylic acids is 2. The van der Waals surface area contributed by atoms with Gasteiger partial charge in [0.05, 0.1) is 17.0 Å². The number of ether oxygens (including phenoxy) is 1.